The maximum absolute atomic E-state index is 11.0. The minimum atomic E-state index is -0.425. The molecule has 0 aliphatic carbocycles. The van der Waals surface area contributed by atoms with E-state index in [-0.39, 0.29) is 5.78 Å². The quantitative estimate of drug-likeness (QED) is 0.633. The maximum Gasteiger partial charge on any atom is 0.228 e. The summed E-state index contributed by atoms with van der Waals surface area (Å²) >= 11 is 0. The number of ketones is 3. The van der Waals surface area contributed by atoms with Gasteiger partial charge in [-0.2, -0.15) is 0 Å². The molecule has 2 rings (SSSR count). The molecule has 2 aromatic rings. The minimum absolute atomic E-state index is 0.121. The summed E-state index contributed by atoms with van der Waals surface area (Å²) in [6.45, 7) is 2.84. The average molecular weight is 268 g/mol. The predicted molar refractivity (Wildman–Crippen MR) is 77.9 cm³/mol. The molecule has 2 aromatic carbocycles. The summed E-state index contributed by atoms with van der Waals surface area (Å²) < 4.78 is 0. The Bertz CT molecular complexity index is 586. The van der Waals surface area contributed by atoms with Gasteiger partial charge in [-0.25, -0.2) is 0 Å². The highest BCUT2D eigenvalue weighted by Crippen LogP contribution is 1.99. The number of hydrogen-bond donors (Lipinski definition) is 0. The molecule has 0 unspecified atom stereocenters. The molecule has 0 saturated carbocycles. The standard InChI is InChI=1S/C9H8O2.C8H8O/c1-7(10)9(11)8-5-3-2-4-6-8;1-7(9)8-5-3-2-4-6-8/h2-6H,1H3;2-6H,1H3. The molecule has 0 radical (unpaired) electrons. The Labute approximate surface area is 118 Å². The second-order valence-electron chi connectivity index (χ2n) is 4.17. The Morgan fingerprint density at radius 3 is 1.35 bits per heavy atom. The fourth-order valence-electron chi connectivity index (χ4n) is 1.47. The highest BCUT2D eigenvalue weighted by molar-refractivity contribution is 6.42. The summed E-state index contributed by atoms with van der Waals surface area (Å²) in [5.41, 5.74) is 1.23. The van der Waals surface area contributed by atoms with Crippen molar-refractivity contribution >= 4 is 17.3 Å². The zero-order valence-corrected chi connectivity index (χ0v) is 11.5. The van der Waals surface area contributed by atoms with Crippen molar-refractivity contribution in [3.8, 4) is 0 Å². The van der Waals surface area contributed by atoms with E-state index in [1.165, 1.54) is 6.92 Å². The predicted octanol–water partition coefficient (Wildman–Crippen LogP) is 3.35. The number of carbonyl (C=O) groups excluding carboxylic acids is 3. The van der Waals surface area contributed by atoms with Crippen molar-refractivity contribution in [1.82, 2.24) is 0 Å². The lowest BCUT2D eigenvalue weighted by Crippen LogP contribution is -2.08. The van der Waals surface area contributed by atoms with E-state index in [9.17, 15) is 14.4 Å². The molecule has 0 heterocycles. The lowest BCUT2D eigenvalue weighted by molar-refractivity contribution is -0.113. The summed E-state index contributed by atoms with van der Waals surface area (Å²) in [6, 6.07) is 17.8. The second-order valence-corrected chi connectivity index (χ2v) is 4.17. The summed E-state index contributed by atoms with van der Waals surface area (Å²) in [6.07, 6.45) is 0. The van der Waals surface area contributed by atoms with Crippen molar-refractivity contribution in [2.24, 2.45) is 0 Å². The van der Waals surface area contributed by atoms with Crippen molar-refractivity contribution in [3.05, 3.63) is 71.8 Å². The molecule has 3 nitrogen and oxygen atoms in total. The first-order valence-electron chi connectivity index (χ1n) is 6.18. The number of hydrogen-bond acceptors (Lipinski definition) is 3. The third-order valence-corrected chi connectivity index (χ3v) is 2.54. The van der Waals surface area contributed by atoms with Gasteiger partial charge in [0.25, 0.3) is 0 Å². The Kier molecular flexibility index (Phi) is 6.04. The van der Waals surface area contributed by atoms with Crippen molar-refractivity contribution < 1.29 is 14.4 Å². The summed E-state index contributed by atoms with van der Waals surface area (Å²) in [5, 5.41) is 0. The van der Waals surface area contributed by atoms with Gasteiger partial charge in [0, 0.05) is 18.1 Å². The largest absolute Gasteiger partial charge is 0.295 e. The SMILES string of the molecule is CC(=O)C(=O)c1ccccc1.CC(=O)c1ccccc1. The number of Topliss-reactive ketones (excluding diaryl/α,β-unsaturated/α-hetero) is 3. The smallest absolute Gasteiger partial charge is 0.228 e. The van der Waals surface area contributed by atoms with Crippen LogP contribution in [0.2, 0.25) is 0 Å². The van der Waals surface area contributed by atoms with E-state index in [0.717, 1.165) is 5.56 Å². The normalized spacial score (nSPS) is 9.10. The highest BCUT2D eigenvalue weighted by atomic mass is 16.2. The molecule has 20 heavy (non-hydrogen) atoms. The zero-order valence-electron chi connectivity index (χ0n) is 11.5. The molecule has 0 amide bonds. The van der Waals surface area contributed by atoms with Crippen molar-refractivity contribution in [1.29, 1.82) is 0 Å². The van der Waals surface area contributed by atoms with E-state index >= 15 is 0 Å². The molecule has 0 fully saturated rings. The Hall–Kier alpha value is -2.55. The van der Waals surface area contributed by atoms with Gasteiger partial charge >= 0.3 is 0 Å². The number of rotatable bonds is 3. The second kappa shape index (κ2) is 7.79. The summed E-state index contributed by atoms with van der Waals surface area (Å²) in [4.78, 5) is 32.2. The topological polar surface area (TPSA) is 51.2 Å². The van der Waals surface area contributed by atoms with Gasteiger partial charge in [-0.3, -0.25) is 14.4 Å². The molecule has 0 aliphatic rings. The van der Waals surface area contributed by atoms with Crippen LogP contribution in [0, 0.1) is 0 Å². The van der Waals surface area contributed by atoms with Crippen molar-refractivity contribution in [2.45, 2.75) is 13.8 Å². The number of carbonyl (C=O) groups is 3. The molecule has 0 N–H and O–H groups in total. The molecular weight excluding hydrogens is 252 g/mol. The van der Waals surface area contributed by atoms with Gasteiger partial charge in [0.05, 0.1) is 0 Å². The van der Waals surface area contributed by atoms with E-state index in [1.807, 2.05) is 30.3 Å². The average Bonchev–Trinajstić information content (AvgIpc) is 2.49. The van der Waals surface area contributed by atoms with Crippen LogP contribution >= 0.6 is 0 Å². The van der Waals surface area contributed by atoms with Crippen LogP contribution in [0.15, 0.2) is 60.7 Å². The van der Waals surface area contributed by atoms with Crippen LogP contribution in [0.3, 0.4) is 0 Å². The molecule has 0 spiro atoms. The van der Waals surface area contributed by atoms with Crippen LogP contribution in [0.1, 0.15) is 34.6 Å². The van der Waals surface area contributed by atoms with Gasteiger partial charge in [0.15, 0.2) is 11.6 Å². The maximum atomic E-state index is 11.0. The molecule has 0 aliphatic heterocycles. The van der Waals surface area contributed by atoms with Crippen LogP contribution in [-0.4, -0.2) is 17.3 Å². The molecule has 102 valence electrons. The van der Waals surface area contributed by atoms with E-state index in [0.29, 0.717) is 5.56 Å². The Morgan fingerprint density at radius 1 is 0.650 bits per heavy atom. The molecule has 0 bridgehead atoms. The van der Waals surface area contributed by atoms with E-state index < -0.39 is 11.6 Å². The fourth-order valence-corrected chi connectivity index (χ4v) is 1.47. The molecule has 0 aromatic heterocycles. The van der Waals surface area contributed by atoms with Crippen LogP contribution < -0.4 is 0 Å². The first kappa shape index (κ1) is 15.5. The highest BCUT2D eigenvalue weighted by Gasteiger charge is 2.08. The van der Waals surface area contributed by atoms with Crippen LogP contribution in [-0.2, 0) is 4.79 Å². The van der Waals surface area contributed by atoms with Gasteiger partial charge in [-0.05, 0) is 6.92 Å². The van der Waals surface area contributed by atoms with E-state index in [1.54, 1.807) is 37.3 Å². The molecule has 0 saturated heterocycles. The minimum Gasteiger partial charge on any atom is -0.295 e. The lowest BCUT2D eigenvalue weighted by atomic mass is 10.1. The zero-order chi connectivity index (χ0) is 15.0. The van der Waals surface area contributed by atoms with Crippen LogP contribution in [0.25, 0.3) is 0 Å². The van der Waals surface area contributed by atoms with Crippen molar-refractivity contribution in [3.63, 3.8) is 0 Å². The van der Waals surface area contributed by atoms with Gasteiger partial charge in [0.2, 0.25) is 5.78 Å². The van der Waals surface area contributed by atoms with Gasteiger partial charge in [-0.15, -0.1) is 0 Å². The Balaban J connectivity index is 0.000000204. The fraction of sp³-hybridized carbons (Fsp3) is 0.118. The number of benzene rings is 2. The molecular formula is C17H16O3. The summed E-state index contributed by atoms with van der Waals surface area (Å²) in [5.74, 6) is -0.725. The summed E-state index contributed by atoms with van der Waals surface area (Å²) in [7, 11) is 0. The van der Waals surface area contributed by atoms with E-state index in [2.05, 4.69) is 0 Å². The molecule has 0 atom stereocenters. The monoisotopic (exact) mass is 268 g/mol. The van der Waals surface area contributed by atoms with Crippen molar-refractivity contribution in [2.75, 3.05) is 0 Å². The van der Waals surface area contributed by atoms with Gasteiger partial charge < -0.3 is 0 Å². The Morgan fingerprint density at radius 2 is 1.05 bits per heavy atom. The first-order chi connectivity index (χ1) is 9.52. The third-order valence-electron chi connectivity index (χ3n) is 2.54. The van der Waals surface area contributed by atoms with Crippen LogP contribution in [0.4, 0.5) is 0 Å². The third kappa shape index (κ3) is 4.98. The van der Waals surface area contributed by atoms with E-state index in [4.69, 9.17) is 0 Å². The lowest BCUT2D eigenvalue weighted by Gasteiger charge is -1.93. The van der Waals surface area contributed by atoms with Crippen LogP contribution in [0.5, 0.6) is 0 Å². The van der Waals surface area contributed by atoms with Gasteiger partial charge in [-0.1, -0.05) is 60.7 Å². The first-order valence-corrected chi connectivity index (χ1v) is 6.18. The molecule has 3 heteroatoms. The van der Waals surface area contributed by atoms with Gasteiger partial charge in [0.1, 0.15) is 0 Å².